The molecule has 0 atom stereocenters. The lowest BCUT2D eigenvalue weighted by Crippen LogP contribution is -2.49. The Balaban J connectivity index is 1.77. The van der Waals surface area contributed by atoms with E-state index in [4.69, 9.17) is 4.42 Å². The summed E-state index contributed by atoms with van der Waals surface area (Å²) in [7, 11) is 1.34. The van der Waals surface area contributed by atoms with Crippen molar-refractivity contribution in [1.29, 1.82) is 0 Å². The third-order valence-electron chi connectivity index (χ3n) is 4.37. The average molecular weight is 337 g/mol. The fourth-order valence-corrected chi connectivity index (χ4v) is 2.87. The van der Waals surface area contributed by atoms with Crippen molar-refractivity contribution in [3.63, 3.8) is 0 Å². The maximum atomic E-state index is 12.2. The molecule has 7 nitrogen and oxygen atoms in total. The molecular formula is C17H27N3O4. The molecule has 134 valence electrons. The summed E-state index contributed by atoms with van der Waals surface area (Å²) in [6.45, 7) is 10.1. The molecule has 0 spiro atoms. The molecule has 24 heavy (non-hydrogen) atoms. The van der Waals surface area contributed by atoms with Crippen molar-refractivity contribution in [2.45, 2.75) is 20.4 Å². The Bertz CT molecular complexity index is 546. The minimum atomic E-state index is -0.457. The average Bonchev–Trinajstić information content (AvgIpc) is 3.05. The summed E-state index contributed by atoms with van der Waals surface area (Å²) >= 11 is 0. The molecule has 7 heteroatoms. The van der Waals surface area contributed by atoms with E-state index in [1.54, 1.807) is 6.07 Å². The molecule has 2 heterocycles. The summed E-state index contributed by atoms with van der Waals surface area (Å²) in [4.78, 5) is 29.9. The zero-order valence-corrected chi connectivity index (χ0v) is 14.8. The number of carbonyl (C=O) groups is 2. The quantitative estimate of drug-likeness (QED) is 0.693. The molecule has 0 radical (unpaired) electrons. The predicted octanol–water partition coefficient (Wildman–Crippen LogP) is 1.05. The highest BCUT2D eigenvalue weighted by Crippen LogP contribution is 2.13. The first-order chi connectivity index (χ1) is 11.6. The second-order valence-corrected chi connectivity index (χ2v) is 5.88. The van der Waals surface area contributed by atoms with Gasteiger partial charge in [-0.3, -0.25) is 14.6 Å². The van der Waals surface area contributed by atoms with Crippen LogP contribution in [0.5, 0.6) is 0 Å². The van der Waals surface area contributed by atoms with Gasteiger partial charge in [0.25, 0.3) is 0 Å². The SMILES string of the molecule is CCN(CC)C(=O)CN1CCN(Cc2ccc(C(=O)OC)o2)CC1. The van der Waals surface area contributed by atoms with E-state index in [1.807, 2.05) is 24.8 Å². The molecule has 2 rings (SSSR count). The van der Waals surface area contributed by atoms with Crippen molar-refractivity contribution in [1.82, 2.24) is 14.7 Å². The minimum absolute atomic E-state index is 0.196. The molecule has 0 aliphatic carbocycles. The number of rotatable bonds is 7. The Hall–Kier alpha value is -1.86. The normalized spacial score (nSPS) is 16.1. The van der Waals surface area contributed by atoms with Crippen LogP contribution in [0.15, 0.2) is 16.5 Å². The number of piperazine rings is 1. The van der Waals surface area contributed by atoms with Gasteiger partial charge in [-0.25, -0.2) is 4.79 Å². The lowest BCUT2D eigenvalue weighted by atomic mass is 10.3. The van der Waals surface area contributed by atoms with Crippen LogP contribution in [-0.4, -0.2) is 79.5 Å². The van der Waals surface area contributed by atoms with Gasteiger partial charge in [0.1, 0.15) is 5.76 Å². The fourth-order valence-electron chi connectivity index (χ4n) is 2.87. The highest BCUT2D eigenvalue weighted by atomic mass is 16.5. The first-order valence-corrected chi connectivity index (χ1v) is 8.46. The van der Waals surface area contributed by atoms with Crippen LogP contribution in [0, 0.1) is 0 Å². The van der Waals surface area contributed by atoms with E-state index in [-0.39, 0.29) is 11.7 Å². The number of esters is 1. The summed E-state index contributed by atoms with van der Waals surface area (Å²) in [5.74, 6) is 0.724. The van der Waals surface area contributed by atoms with Gasteiger partial charge in [-0.1, -0.05) is 0 Å². The highest BCUT2D eigenvalue weighted by molar-refractivity contribution is 5.86. The van der Waals surface area contributed by atoms with Crippen LogP contribution in [0.4, 0.5) is 0 Å². The molecule has 0 saturated carbocycles. The van der Waals surface area contributed by atoms with Crippen molar-refractivity contribution in [3.05, 3.63) is 23.7 Å². The molecule has 1 aliphatic rings. The maximum Gasteiger partial charge on any atom is 0.373 e. The molecule has 1 aliphatic heterocycles. The standard InChI is InChI=1S/C17H27N3O4/c1-4-20(5-2)16(21)13-19-10-8-18(9-11-19)12-14-6-7-15(24-14)17(22)23-3/h6-7H,4-5,8-13H2,1-3H3. The van der Waals surface area contributed by atoms with Crippen molar-refractivity contribution in [2.75, 3.05) is 52.9 Å². The highest BCUT2D eigenvalue weighted by Gasteiger charge is 2.22. The Morgan fingerprint density at radius 1 is 1.12 bits per heavy atom. The zero-order valence-electron chi connectivity index (χ0n) is 14.8. The van der Waals surface area contributed by atoms with E-state index in [0.29, 0.717) is 13.1 Å². The van der Waals surface area contributed by atoms with E-state index < -0.39 is 5.97 Å². The smallest absolute Gasteiger partial charge is 0.373 e. The molecule has 0 N–H and O–H groups in total. The van der Waals surface area contributed by atoms with Crippen LogP contribution in [0.25, 0.3) is 0 Å². The molecule has 1 saturated heterocycles. The fraction of sp³-hybridized carbons (Fsp3) is 0.647. The summed E-state index contributed by atoms with van der Waals surface area (Å²) < 4.78 is 10.1. The second kappa shape index (κ2) is 8.84. The Morgan fingerprint density at radius 3 is 2.33 bits per heavy atom. The van der Waals surface area contributed by atoms with E-state index in [2.05, 4.69) is 14.5 Å². The number of amides is 1. The predicted molar refractivity (Wildman–Crippen MR) is 89.7 cm³/mol. The molecular weight excluding hydrogens is 310 g/mol. The van der Waals surface area contributed by atoms with Crippen LogP contribution < -0.4 is 0 Å². The third-order valence-corrected chi connectivity index (χ3v) is 4.37. The van der Waals surface area contributed by atoms with Gasteiger partial charge < -0.3 is 14.1 Å². The van der Waals surface area contributed by atoms with Gasteiger partial charge in [0.05, 0.1) is 20.2 Å². The molecule has 0 unspecified atom stereocenters. The minimum Gasteiger partial charge on any atom is -0.463 e. The summed E-state index contributed by atoms with van der Waals surface area (Å²) in [6, 6.07) is 3.45. The van der Waals surface area contributed by atoms with Gasteiger partial charge in [0, 0.05) is 39.3 Å². The third kappa shape index (κ3) is 4.82. The van der Waals surface area contributed by atoms with Gasteiger partial charge in [0.2, 0.25) is 11.7 Å². The number of hydrogen-bond acceptors (Lipinski definition) is 6. The van der Waals surface area contributed by atoms with Crippen molar-refractivity contribution in [3.8, 4) is 0 Å². The van der Waals surface area contributed by atoms with Crippen LogP contribution in [0.1, 0.15) is 30.2 Å². The van der Waals surface area contributed by atoms with Gasteiger partial charge in [-0.05, 0) is 26.0 Å². The van der Waals surface area contributed by atoms with Gasteiger partial charge >= 0.3 is 5.97 Å². The number of likely N-dealkylation sites (N-methyl/N-ethyl adjacent to an activating group) is 1. The maximum absolute atomic E-state index is 12.2. The van der Waals surface area contributed by atoms with Crippen molar-refractivity contribution >= 4 is 11.9 Å². The molecule has 1 amide bonds. The first-order valence-electron chi connectivity index (χ1n) is 8.46. The van der Waals surface area contributed by atoms with E-state index >= 15 is 0 Å². The summed E-state index contributed by atoms with van der Waals surface area (Å²) in [5.41, 5.74) is 0. The molecule has 0 aromatic carbocycles. The monoisotopic (exact) mass is 337 g/mol. The van der Waals surface area contributed by atoms with Crippen LogP contribution in [0.2, 0.25) is 0 Å². The largest absolute Gasteiger partial charge is 0.463 e. The van der Waals surface area contributed by atoms with Gasteiger partial charge in [-0.2, -0.15) is 0 Å². The Labute approximate surface area is 143 Å². The van der Waals surface area contributed by atoms with Gasteiger partial charge in [0.15, 0.2) is 0 Å². The van der Waals surface area contributed by atoms with E-state index in [1.165, 1.54) is 7.11 Å². The van der Waals surface area contributed by atoms with Crippen molar-refractivity contribution in [2.24, 2.45) is 0 Å². The van der Waals surface area contributed by atoms with Crippen molar-refractivity contribution < 1.29 is 18.7 Å². The van der Waals surface area contributed by atoms with Crippen LogP contribution in [0.3, 0.4) is 0 Å². The second-order valence-electron chi connectivity index (χ2n) is 5.88. The molecule has 0 bridgehead atoms. The number of methoxy groups -OCH3 is 1. The number of ether oxygens (including phenoxy) is 1. The van der Waals surface area contributed by atoms with E-state index in [9.17, 15) is 9.59 Å². The van der Waals surface area contributed by atoms with Gasteiger partial charge in [-0.15, -0.1) is 0 Å². The molecule has 1 fully saturated rings. The van der Waals surface area contributed by atoms with E-state index in [0.717, 1.165) is 45.0 Å². The zero-order chi connectivity index (χ0) is 17.5. The summed E-state index contributed by atoms with van der Waals surface area (Å²) in [5, 5.41) is 0. The Kier molecular flexibility index (Phi) is 6.81. The molecule has 1 aromatic rings. The lowest BCUT2D eigenvalue weighted by Gasteiger charge is -2.34. The van der Waals surface area contributed by atoms with Crippen LogP contribution in [-0.2, 0) is 16.1 Å². The molecule has 1 aromatic heterocycles. The van der Waals surface area contributed by atoms with Crippen LogP contribution >= 0.6 is 0 Å². The summed E-state index contributed by atoms with van der Waals surface area (Å²) in [6.07, 6.45) is 0. The topological polar surface area (TPSA) is 66.2 Å². The number of furan rings is 1. The Morgan fingerprint density at radius 2 is 1.75 bits per heavy atom. The number of hydrogen-bond donors (Lipinski definition) is 0. The number of nitrogens with zero attached hydrogens (tertiary/aromatic N) is 3. The first kappa shape index (κ1) is 18.5. The lowest BCUT2D eigenvalue weighted by molar-refractivity contribution is -0.132. The number of carbonyl (C=O) groups excluding carboxylic acids is 2.